The monoisotopic (exact) mass is 568 g/mol. The van der Waals surface area contributed by atoms with Crippen LogP contribution in [0.25, 0.3) is 0 Å². The van der Waals surface area contributed by atoms with E-state index in [0.717, 1.165) is 22.8 Å². The average Bonchev–Trinajstić information content (AvgIpc) is 3.23. The number of hydrogen-bond acceptors (Lipinski definition) is 3. The largest absolute Gasteiger partial charge is 1.00 e. The summed E-state index contributed by atoms with van der Waals surface area (Å²) in [4.78, 5) is 15.6. The number of rotatable bonds is 6. The van der Waals surface area contributed by atoms with Gasteiger partial charge in [0, 0.05) is 41.1 Å². The van der Waals surface area contributed by atoms with E-state index in [4.69, 9.17) is 6.42 Å². The van der Waals surface area contributed by atoms with E-state index < -0.39 is 0 Å². The number of carbonyl (C=O) groups is 1. The van der Waals surface area contributed by atoms with Gasteiger partial charge in [0.05, 0.1) is 23.0 Å². The third kappa shape index (κ3) is 3.99. The molecule has 0 bridgehead atoms. The quantitative estimate of drug-likeness (QED) is 0.252. The Balaban J connectivity index is 0.00000336. The maximum absolute atomic E-state index is 13.5. The van der Waals surface area contributed by atoms with Crippen molar-refractivity contribution in [2.45, 2.75) is 44.9 Å². The van der Waals surface area contributed by atoms with Crippen LogP contribution in [0, 0.1) is 12.3 Å². The Morgan fingerprint density at radius 1 is 1.03 bits per heavy atom. The number of Topliss-reactive ketones (excluding diaryl/α,β-unsaturated/α-hetero) is 1. The molecule has 2 aromatic rings. The second-order valence-corrected chi connectivity index (χ2v) is 10.9. The van der Waals surface area contributed by atoms with Crippen molar-refractivity contribution in [2.24, 2.45) is 0 Å². The lowest BCUT2D eigenvalue weighted by Gasteiger charge is -2.28. The molecule has 2 aromatic carbocycles. The highest BCUT2D eigenvalue weighted by Crippen LogP contribution is 2.49. The Morgan fingerprint density at radius 3 is 2.34 bits per heavy atom. The molecule has 0 fully saturated rings. The van der Waals surface area contributed by atoms with Crippen LogP contribution in [0.4, 0.5) is 11.4 Å². The number of aliphatic hydroxyl groups excluding tert-OH is 1. The van der Waals surface area contributed by atoms with Gasteiger partial charge in [-0.3, -0.25) is 4.79 Å². The molecule has 0 atom stereocenters. The van der Waals surface area contributed by atoms with Crippen molar-refractivity contribution >= 4 is 22.9 Å². The molecule has 0 radical (unpaired) electrons. The smallest absolute Gasteiger partial charge is 0.209 e. The third-order valence-corrected chi connectivity index (χ3v) is 7.95. The first-order chi connectivity index (χ1) is 17.6. The van der Waals surface area contributed by atoms with Crippen molar-refractivity contribution in [3.8, 4) is 12.3 Å². The Bertz CT molecular complexity index is 1510. The van der Waals surface area contributed by atoms with Crippen LogP contribution in [-0.2, 0) is 15.6 Å². The number of ketones is 1. The summed E-state index contributed by atoms with van der Waals surface area (Å²) in [6, 6.07) is 16.5. The van der Waals surface area contributed by atoms with E-state index in [1.54, 1.807) is 0 Å². The minimum absolute atomic E-state index is 0. The normalized spacial score (nSPS) is 20.7. The molecule has 0 spiro atoms. The minimum Gasteiger partial charge on any atom is -1.00 e. The highest BCUT2D eigenvalue weighted by atomic mass is 79.9. The molecule has 194 valence electrons. The second-order valence-electron chi connectivity index (χ2n) is 10.9. The van der Waals surface area contributed by atoms with Gasteiger partial charge in [0.1, 0.15) is 5.76 Å². The first-order valence-corrected chi connectivity index (χ1v) is 12.7. The fourth-order valence-corrected chi connectivity index (χ4v) is 5.93. The number of para-hydroxylation sites is 2. The molecule has 0 saturated carbocycles. The number of carbonyl (C=O) groups excluding carboxylic acids is 1. The lowest BCUT2D eigenvalue weighted by atomic mass is 9.77. The maximum Gasteiger partial charge on any atom is 0.209 e. The predicted octanol–water partition coefficient (Wildman–Crippen LogP) is 3.28. The Hall–Kier alpha value is -3.62. The summed E-state index contributed by atoms with van der Waals surface area (Å²) < 4.78 is 2.18. The van der Waals surface area contributed by atoms with Crippen molar-refractivity contribution in [3.05, 3.63) is 107 Å². The first kappa shape index (κ1) is 27.4. The summed E-state index contributed by atoms with van der Waals surface area (Å²) in [5, 5.41) is 11.2. The van der Waals surface area contributed by atoms with Crippen LogP contribution >= 0.6 is 0 Å². The van der Waals surface area contributed by atoms with Crippen LogP contribution in [0.1, 0.15) is 45.2 Å². The van der Waals surface area contributed by atoms with Gasteiger partial charge in [-0.25, -0.2) is 0 Å². The van der Waals surface area contributed by atoms with Gasteiger partial charge in [0.25, 0.3) is 0 Å². The summed E-state index contributed by atoms with van der Waals surface area (Å²) in [6.45, 7) is 13.8. The van der Waals surface area contributed by atoms with Gasteiger partial charge < -0.3 is 27.0 Å². The lowest BCUT2D eigenvalue weighted by Crippen LogP contribution is -3.00. The number of nitrogens with zero attached hydrogens (tertiary/aromatic N) is 2. The van der Waals surface area contributed by atoms with Crippen LogP contribution in [0.3, 0.4) is 0 Å². The van der Waals surface area contributed by atoms with Crippen molar-refractivity contribution in [2.75, 3.05) is 18.0 Å². The van der Waals surface area contributed by atoms with Crippen molar-refractivity contribution in [1.29, 1.82) is 0 Å². The van der Waals surface area contributed by atoms with E-state index in [-0.39, 0.29) is 39.4 Å². The zero-order chi connectivity index (χ0) is 26.5. The van der Waals surface area contributed by atoms with E-state index >= 15 is 0 Å². The van der Waals surface area contributed by atoms with Gasteiger partial charge in [0.15, 0.2) is 12.3 Å². The van der Waals surface area contributed by atoms with Crippen LogP contribution in [-0.4, -0.2) is 34.3 Å². The van der Waals surface area contributed by atoms with Gasteiger partial charge in [-0.1, -0.05) is 56.3 Å². The summed E-state index contributed by atoms with van der Waals surface area (Å²) in [5.74, 6) is 2.62. The number of allylic oxidation sites excluding steroid dienone is 5. The van der Waals surface area contributed by atoms with Crippen LogP contribution < -0.4 is 21.9 Å². The Labute approximate surface area is 236 Å². The molecule has 2 heterocycles. The summed E-state index contributed by atoms with van der Waals surface area (Å²) in [6.07, 6.45) is 11.7. The van der Waals surface area contributed by atoms with Crippen LogP contribution in [0.15, 0.2) is 95.9 Å². The van der Waals surface area contributed by atoms with E-state index in [9.17, 15) is 9.90 Å². The molecule has 0 amide bonds. The second kappa shape index (κ2) is 9.93. The van der Waals surface area contributed by atoms with E-state index in [2.05, 4.69) is 73.9 Å². The number of anilines is 1. The summed E-state index contributed by atoms with van der Waals surface area (Å²) in [5.41, 5.74) is 6.55. The minimum atomic E-state index is -0.331. The molecule has 3 aliphatic rings. The number of fused-ring (bicyclic) bond motifs is 2. The fraction of sp³-hybridized carbons (Fsp3) is 0.273. The third-order valence-electron chi connectivity index (χ3n) is 7.95. The fourth-order valence-electron chi connectivity index (χ4n) is 5.93. The predicted molar refractivity (Wildman–Crippen MR) is 151 cm³/mol. The average molecular weight is 570 g/mol. The van der Waals surface area contributed by atoms with Gasteiger partial charge in [0.2, 0.25) is 11.5 Å². The van der Waals surface area contributed by atoms with Gasteiger partial charge in [-0.2, -0.15) is 4.58 Å². The molecule has 5 heteroatoms. The van der Waals surface area contributed by atoms with Crippen molar-refractivity contribution in [3.63, 3.8) is 0 Å². The molecule has 1 aliphatic carbocycles. The van der Waals surface area contributed by atoms with Gasteiger partial charge in [-0.05, 0) is 31.6 Å². The van der Waals surface area contributed by atoms with E-state index in [0.29, 0.717) is 30.7 Å². The number of halogens is 1. The van der Waals surface area contributed by atoms with Crippen molar-refractivity contribution < 1.29 is 31.5 Å². The Kier molecular flexibility index (Phi) is 7.16. The number of benzene rings is 2. The lowest BCUT2D eigenvalue weighted by molar-refractivity contribution is -0.436. The molecule has 5 rings (SSSR count). The highest BCUT2D eigenvalue weighted by molar-refractivity contribution is 6.24. The summed E-state index contributed by atoms with van der Waals surface area (Å²) in [7, 11) is 0. The number of hydrogen-bond donors (Lipinski definition) is 1. The standard InChI is InChI=1S/C33H32N2O2.BrH/c1-7-9-19-35-27-17-13-11-15-25(27)33(5,6)29(35)21-23-30(36)22(31(23)37)20-28-32(3,4)24-14-10-12-16-26(24)34(28)18-8-2;/h1,8,10-17,20-21H,2,9,18-19H2,3-6H3;1H. The number of aliphatic hydroxyl groups is 1. The first-order valence-electron chi connectivity index (χ1n) is 12.7. The summed E-state index contributed by atoms with van der Waals surface area (Å²) >= 11 is 0. The SMILES string of the molecule is C#CCC[N+]1=C(C=C2C(=O)C(C=C3N(CC=C)c4ccccc4C3(C)C)=C2O)C(C)(C)c2ccccc21.[Br-]. The Morgan fingerprint density at radius 2 is 1.68 bits per heavy atom. The molecule has 0 saturated heterocycles. The van der Waals surface area contributed by atoms with Crippen LogP contribution in [0.2, 0.25) is 0 Å². The molecule has 4 nitrogen and oxygen atoms in total. The molecule has 1 N–H and O–H groups in total. The molecule has 0 unspecified atom stereocenters. The van der Waals surface area contributed by atoms with E-state index in [1.807, 2.05) is 42.5 Å². The molecule has 2 aliphatic heterocycles. The van der Waals surface area contributed by atoms with Gasteiger partial charge in [-0.15, -0.1) is 18.9 Å². The molecule has 38 heavy (non-hydrogen) atoms. The molecular weight excluding hydrogens is 536 g/mol. The topological polar surface area (TPSA) is 43.5 Å². The molecular formula is C33H33BrN2O2. The van der Waals surface area contributed by atoms with Crippen LogP contribution in [0.5, 0.6) is 0 Å². The zero-order valence-corrected chi connectivity index (χ0v) is 24.0. The highest BCUT2D eigenvalue weighted by Gasteiger charge is 2.47. The zero-order valence-electron chi connectivity index (χ0n) is 22.4. The van der Waals surface area contributed by atoms with Crippen molar-refractivity contribution in [1.82, 2.24) is 0 Å². The number of terminal acetylenes is 1. The maximum atomic E-state index is 13.5. The van der Waals surface area contributed by atoms with Gasteiger partial charge >= 0.3 is 0 Å². The van der Waals surface area contributed by atoms with E-state index in [1.165, 1.54) is 11.1 Å². The molecule has 0 aromatic heterocycles.